The fraction of sp³-hybridized carbons (Fsp3) is 0.350. The summed E-state index contributed by atoms with van der Waals surface area (Å²) in [7, 11) is 1.65. The molecule has 146 valence electrons. The standard InChI is InChI=1S/C20H22FN5O2/c1-12-9-14(21)3-4-16(12)28-17-10-13-11-23-20(24-15-5-7-22-8-6-15)25-18(13)26(2)19(17)27/h3-4,9-11,15,22H,5-8H2,1-2H3,(H,23,24,25). The number of aryl methyl sites for hydroxylation is 2. The summed E-state index contributed by atoms with van der Waals surface area (Å²) in [5, 5.41) is 7.35. The topological polar surface area (TPSA) is 81.1 Å². The van der Waals surface area contributed by atoms with E-state index in [1.807, 2.05) is 0 Å². The van der Waals surface area contributed by atoms with Gasteiger partial charge >= 0.3 is 0 Å². The fourth-order valence-corrected chi connectivity index (χ4v) is 3.35. The molecular weight excluding hydrogens is 361 g/mol. The molecule has 1 aliphatic rings. The van der Waals surface area contributed by atoms with Gasteiger partial charge in [0.25, 0.3) is 5.56 Å². The SMILES string of the molecule is Cc1cc(F)ccc1Oc1cc2cnc(NC3CCNCC3)nc2n(C)c1=O. The number of anilines is 1. The van der Waals surface area contributed by atoms with Crippen LogP contribution in [0.5, 0.6) is 11.5 Å². The monoisotopic (exact) mass is 383 g/mol. The molecule has 3 aromatic rings. The van der Waals surface area contributed by atoms with Crippen LogP contribution in [0.3, 0.4) is 0 Å². The van der Waals surface area contributed by atoms with Gasteiger partial charge in [0, 0.05) is 24.7 Å². The number of nitrogens with one attached hydrogen (secondary N) is 2. The maximum atomic E-state index is 13.3. The highest BCUT2D eigenvalue weighted by atomic mass is 19.1. The van der Waals surface area contributed by atoms with Crippen molar-refractivity contribution in [1.82, 2.24) is 19.9 Å². The normalized spacial score (nSPS) is 15.0. The van der Waals surface area contributed by atoms with Crippen LogP contribution in [0.4, 0.5) is 10.3 Å². The third-order valence-corrected chi connectivity index (χ3v) is 4.94. The van der Waals surface area contributed by atoms with Gasteiger partial charge in [-0.1, -0.05) is 0 Å². The highest BCUT2D eigenvalue weighted by Crippen LogP contribution is 2.25. The molecule has 1 aromatic carbocycles. The van der Waals surface area contributed by atoms with Crippen molar-refractivity contribution in [3.05, 3.63) is 52.2 Å². The molecule has 0 aliphatic carbocycles. The lowest BCUT2D eigenvalue weighted by atomic mass is 10.1. The molecule has 1 saturated heterocycles. The lowest BCUT2D eigenvalue weighted by Gasteiger charge is -2.23. The highest BCUT2D eigenvalue weighted by Gasteiger charge is 2.16. The zero-order valence-corrected chi connectivity index (χ0v) is 15.8. The first-order valence-electron chi connectivity index (χ1n) is 9.29. The van der Waals surface area contributed by atoms with Crippen LogP contribution < -0.4 is 20.9 Å². The molecule has 0 unspecified atom stereocenters. The van der Waals surface area contributed by atoms with E-state index in [9.17, 15) is 9.18 Å². The number of ether oxygens (including phenoxy) is 1. The van der Waals surface area contributed by atoms with E-state index >= 15 is 0 Å². The summed E-state index contributed by atoms with van der Waals surface area (Å²) in [5.74, 6) is 0.742. The van der Waals surface area contributed by atoms with Crippen molar-refractivity contribution in [3.63, 3.8) is 0 Å². The van der Waals surface area contributed by atoms with Gasteiger partial charge in [-0.05, 0) is 62.7 Å². The summed E-state index contributed by atoms with van der Waals surface area (Å²) in [6, 6.07) is 6.11. The average molecular weight is 383 g/mol. The predicted octanol–water partition coefficient (Wildman–Crippen LogP) is 2.73. The van der Waals surface area contributed by atoms with Gasteiger partial charge in [0.1, 0.15) is 17.2 Å². The first kappa shape index (κ1) is 18.4. The van der Waals surface area contributed by atoms with Crippen molar-refractivity contribution >= 4 is 17.0 Å². The molecule has 0 radical (unpaired) electrons. The summed E-state index contributed by atoms with van der Waals surface area (Å²) < 4.78 is 20.5. The minimum atomic E-state index is -0.349. The molecular formula is C20H22FN5O2. The molecule has 3 heterocycles. The Bertz CT molecular complexity index is 1080. The quantitative estimate of drug-likeness (QED) is 0.721. The van der Waals surface area contributed by atoms with Crippen molar-refractivity contribution in [2.24, 2.45) is 7.05 Å². The van der Waals surface area contributed by atoms with Crippen LogP contribution in [0.2, 0.25) is 0 Å². The molecule has 2 N–H and O–H groups in total. The number of nitrogens with zero attached hydrogens (tertiary/aromatic N) is 3. The Morgan fingerprint density at radius 3 is 2.79 bits per heavy atom. The summed E-state index contributed by atoms with van der Waals surface area (Å²) in [5.41, 5.74) is 0.822. The second-order valence-corrected chi connectivity index (χ2v) is 7.03. The van der Waals surface area contributed by atoms with E-state index < -0.39 is 0 Å². The Balaban J connectivity index is 1.66. The number of fused-ring (bicyclic) bond motifs is 1. The number of hydrogen-bond acceptors (Lipinski definition) is 6. The number of rotatable bonds is 4. The van der Waals surface area contributed by atoms with Gasteiger partial charge in [0.2, 0.25) is 5.95 Å². The van der Waals surface area contributed by atoms with Gasteiger partial charge < -0.3 is 15.4 Å². The number of piperidine rings is 1. The fourth-order valence-electron chi connectivity index (χ4n) is 3.35. The summed E-state index contributed by atoms with van der Waals surface area (Å²) in [6.45, 7) is 3.66. The summed E-state index contributed by atoms with van der Waals surface area (Å²) >= 11 is 0. The van der Waals surface area contributed by atoms with Gasteiger partial charge in [-0.15, -0.1) is 0 Å². The summed E-state index contributed by atoms with van der Waals surface area (Å²) in [4.78, 5) is 21.6. The second-order valence-electron chi connectivity index (χ2n) is 7.03. The van der Waals surface area contributed by atoms with Crippen LogP contribution in [-0.4, -0.2) is 33.7 Å². The van der Waals surface area contributed by atoms with Gasteiger partial charge in [0.05, 0.1) is 0 Å². The first-order valence-corrected chi connectivity index (χ1v) is 9.29. The largest absolute Gasteiger partial charge is 0.451 e. The van der Waals surface area contributed by atoms with Gasteiger partial charge in [0.15, 0.2) is 5.75 Å². The first-order chi connectivity index (χ1) is 13.5. The molecule has 4 rings (SSSR count). The van der Waals surface area contributed by atoms with E-state index in [1.165, 1.54) is 22.8 Å². The Labute approximate surface area is 161 Å². The van der Waals surface area contributed by atoms with Crippen molar-refractivity contribution in [3.8, 4) is 11.5 Å². The second kappa shape index (κ2) is 7.55. The molecule has 1 fully saturated rings. The zero-order chi connectivity index (χ0) is 19.7. The Morgan fingerprint density at radius 2 is 2.04 bits per heavy atom. The van der Waals surface area contributed by atoms with E-state index in [0.29, 0.717) is 34.3 Å². The number of aromatic nitrogens is 3. The third-order valence-electron chi connectivity index (χ3n) is 4.94. The van der Waals surface area contributed by atoms with Crippen molar-refractivity contribution < 1.29 is 9.13 Å². The van der Waals surface area contributed by atoms with E-state index in [-0.39, 0.29) is 17.1 Å². The maximum absolute atomic E-state index is 13.3. The van der Waals surface area contributed by atoms with E-state index in [0.717, 1.165) is 25.9 Å². The predicted molar refractivity (Wildman–Crippen MR) is 106 cm³/mol. The van der Waals surface area contributed by atoms with Gasteiger partial charge in [-0.3, -0.25) is 9.36 Å². The molecule has 7 nitrogen and oxygen atoms in total. The molecule has 0 spiro atoms. The maximum Gasteiger partial charge on any atom is 0.294 e. The number of pyridine rings is 1. The molecule has 0 bridgehead atoms. The molecule has 0 atom stereocenters. The van der Waals surface area contributed by atoms with Gasteiger partial charge in [-0.25, -0.2) is 9.37 Å². The molecule has 0 amide bonds. The number of hydrogen-bond donors (Lipinski definition) is 2. The lowest BCUT2D eigenvalue weighted by Crippen LogP contribution is -2.35. The Kier molecular flexibility index (Phi) is 4.95. The summed E-state index contributed by atoms with van der Waals surface area (Å²) in [6.07, 6.45) is 3.68. The van der Waals surface area contributed by atoms with Crippen LogP contribution >= 0.6 is 0 Å². The van der Waals surface area contributed by atoms with Crippen molar-refractivity contribution in [2.75, 3.05) is 18.4 Å². The van der Waals surface area contributed by atoms with Crippen LogP contribution in [0.15, 0.2) is 35.3 Å². The number of benzene rings is 1. The molecule has 2 aromatic heterocycles. The minimum Gasteiger partial charge on any atom is -0.451 e. The third kappa shape index (κ3) is 3.68. The van der Waals surface area contributed by atoms with Gasteiger partial charge in [-0.2, -0.15) is 4.98 Å². The molecule has 28 heavy (non-hydrogen) atoms. The van der Waals surface area contributed by atoms with Crippen LogP contribution in [-0.2, 0) is 7.05 Å². The van der Waals surface area contributed by atoms with E-state index in [1.54, 1.807) is 26.2 Å². The lowest BCUT2D eigenvalue weighted by molar-refractivity contribution is 0.466. The zero-order valence-electron chi connectivity index (χ0n) is 15.8. The minimum absolute atomic E-state index is 0.146. The van der Waals surface area contributed by atoms with Crippen molar-refractivity contribution in [1.29, 1.82) is 0 Å². The van der Waals surface area contributed by atoms with E-state index in [2.05, 4.69) is 20.6 Å². The smallest absolute Gasteiger partial charge is 0.294 e. The molecule has 0 saturated carbocycles. The van der Waals surface area contributed by atoms with E-state index in [4.69, 9.17) is 4.74 Å². The van der Waals surface area contributed by atoms with Crippen LogP contribution in [0.1, 0.15) is 18.4 Å². The average Bonchev–Trinajstić information content (AvgIpc) is 2.69. The Morgan fingerprint density at radius 1 is 1.25 bits per heavy atom. The Hall–Kier alpha value is -3.00. The van der Waals surface area contributed by atoms with Crippen molar-refractivity contribution in [2.45, 2.75) is 25.8 Å². The number of halogens is 1. The van der Waals surface area contributed by atoms with Crippen LogP contribution in [0.25, 0.3) is 11.0 Å². The molecule has 8 heteroatoms. The van der Waals surface area contributed by atoms with Crippen LogP contribution in [0, 0.1) is 12.7 Å². The highest BCUT2D eigenvalue weighted by molar-refractivity contribution is 5.76. The molecule has 1 aliphatic heterocycles.